The molecule has 0 aliphatic carbocycles. The first kappa shape index (κ1) is 19.9. The number of fused-ring (bicyclic) bond motifs is 1. The average Bonchev–Trinajstić information content (AvgIpc) is 3.30. The van der Waals surface area contributed by atoms with Gasteiger partial charge in [0.15, 0.2) is 6.61 Å². The first-order valence-electron chi connectivity index (χ1n) is 10.1. The molecule has 1 fully saturated rings. The number of rotatable bonds is 7. The number of para-hydroxylation sites is 1. The number of benzene rings is 3. The minimum atomic E-state index is -0.331. The van der Waals surface area contributed by atoms with Gasteiger partial charge in [0.2, 0.25) is 0 Å². The van der Waals surface area contributed by atoms with E-state index in [2.05, 4.69) is 10.6 Å². The Morgan fingerprint density at radius 2 is 1.80 bits per heavy atom. The van der Waals surface area contributed by atoms with Crippen molar-refractivity contribution in [2.75, 3.05) is 25.1 Å². The second-order valence-electron chi connectivity index (χ2n) is 7.20. The first-order valence-corrected chi connectivity index (χ1v) is 10.1. The molecular formula is C24H24N2O4. The number of nitrogens with one attached hydrogen (secondary N) is 2. The summed E-state index contributed by atoms with van der Waals surface area (Å²) in [6.07, 6.45) is 2.03. The van der Waals surface area contributed by atoms with Crippen LogP contribution >= 0.6 is 0 Å². The molecule has 3 aromatic carbocycles. The molecule has 1 heterocycles. The van der Waals surface area contributed by atoms with E-state index in [9.17, 15) is 9.59 Å². The van der Waals surface area contributed by atoms with Gasteiger partial charge >= 0.3 is 0 Å². The summed E-state index contributed by atoms with van der Waals surface area (Å²) in [7, 11) is 0. The molecule has 1 saturated heterocycles. The van der Waals surface area contributed by atoms with Gasteiger partial charge in [-0.2, -0.15) is 0 Å². The summed E-state index contributed by atoms with van der Waals surface area (Å²) < 4.78 is 11.3. The van der Waals surface area contributed by atoms with Crippen LogP contribution in [-0.2, 0) is 9.53 Å². The molecule has 154 valence electrons. The highest BCUT2D eigenvalue weighted by Gasteiger charge is 2.18. The lowest BCUT2D eigenvalue weighted by Gasteiger charge is -2.14. The quantitative estimate of drug-likeness (QED) is 0.629. The van der Waals surface area contributed by atoms with E-state index in [1.807, 2.05) is 42.5 Å². The number of ether oxygens (including phenoxy) is 2. The Labute approximate surface area is 175 Å². The van der Waals surface area contributed by atoms with E-state index in [-0.39, 0.29) is 24.5 Å². The van der Waals surface area contributed by atoms with Crippen LogP contribution in [0.5, 0.6) is 5.75 Å². The highest BCUT2D eigenvalue weighted by molar-refractivity contribution is 6.04. The van der Waals surface area contributed by atoms with Crippen molar-refractivity contribution in [3.63, 3.8) is 0 Å². The number of hydrogen-bond acceptors (Lipinski definition) is 4. The lowest BCUT2D eigenvalue weighted by molar-refractivity contribution is -0.118. The van der Waals surface area contributed by atoms with E-state index in [4.69, 9.17) is 9.47 Å². The predicted octanol–water partition coefficient (Wildman–Crippen LogP) is 3.77. The number of amides is 2. The fraction of sp³-hybridized carbons (Fsp3) is 0.250. The Bertz CT molecular complexity index is 1040. The largest absolute Gasteiger partial charge is 0.483 e. The lowest BCUT2D eigenvalue weighted by Crippen LogP contribution is -2.32. The molecule has 0 bridgehead atoms. The van der Waals surface area contributed by atoms with Crippen molar-refractivity contribution in [1.82, 2.24) is 5.32 Å². The molecule has 6 heteroatoms. The van der Waals surface area contributed by atoms with Gasteiger partial charge < -0.3 is 20.1 Å². The predicted molar refractivity (Wildman–Crippen MR) is 116 cm³/mol. The fourth-order valence-electron chi connectivity index (χ4n) is 3.55. The van der Waals surface area contributed by atoms with Crippen LogP contribution in [-0.4, -0.2) is 37.7 Å². The first-order chi connectivity index (χ1) is 14.7. The standard InChI is InChI=1S/C24H24N2O4/c27-23(16-30-22-13-5-8-17-7-1-2-10-19(17)22)26-21-12-4-3-11-20(21)24(28)25-15-18-9-6-14-29-18/h1-5,7-8,10-13,18H,6,9,14-16H2,(H,25,28)(H,26,27). The number of hydrogen-bond donors (Lipinski definition) is 2. The Balaban J connectivity index is 1.37. The summed E-state index contributed by atoms with van der Waals surface area (Å²) in [6, 6.07) is 20.5. The summed E-state index contributed by atoms with van der Waals surface area (Å²) in [5, 5.41) is 7.66. The van der Waals surface area contributed by atoms with E-state index < -0.39 is 0 Å². The van der Waals surface area contributed by atoms with E-state index in [1.165, 1.54) is 0 Å². The average molecular weight is 404 g/mol. The van der Waals surface area contributed by atoms with Crippen molar-refractivity contribution in [3.05, 3.63) is 72.3 Å². The molecule has 1 unspecified atom stereocenters. The number of carbonyl (C=O) groups is 2. The Hall–Kier alpha value is -3.38. The normalized spacial score (nSPS) is 15.7. The van der Waals surface area contributed by atoms with Crippen molar-refractivity contribution < 1.29 is 19.1 Å². The molecule has 2 amide bonds. The second kappa shape index (κ2) is 9.41. The van der Waals surface area contributed by atoms with Gasteiger partial charge in [-0.25, -0.2) is 0 Å². The molecule has 0 aromatic heterocycles. The molecule has 1 aliphatic rings. The highest BCUT2D eigenvalue weighted by Crippen LogP contribution is 2.25. The summed E-state index contributed by atoms with van der Waals surface area (Å²) >= 11 is 0. The van der Waals surface area contributed by atoms with E-state index in [0.717, 1.165) is 30.2 Å². The molecule has 1 aliphatic heterocycles. The van der Waals surface area contributed by atoms with Gasteiger partial charge in [-0.15, -0.1) is 0 Å². The van der Waals surface area contributed by atoms with Gasteiger partial charge in [-0.3, -0.25) is 9.59 Å². The van der Waals surface area contributed by atoms with Crippen molar-refractivity contribution in [1.29, 1.82) is 0 Å². The molecule has 4 rings (SSSR count). The summed E-state index contributed by atoms with van der Waals surface area (Å²) in [5.74, 6) is 0.0736. The molecule has 6 nitrogen and oxygen atoms in total. The maximum absolute atomic E-state index is 12.6. The van der Waals surface area contributed by atoms with Gasteiger partial charge in [0.1, 0.15) is 5.75 Å². The van der Waals surface area contributed by atoms with E-state index in [1.54, 1.807) is 24.3 Å². The van der Waals surface area contributed by atoms with Crippen LogP contribution in [0.1, 0.15) is 23.2 Å². The van der Waals surface area contributed by atoms with Crippen LogP contribution in [0.2, 0.25) is 0 Å². The fourth-order valence-corrected chi connectivity index (χ4v) is 3.55. The molecule has 0 saturated carbocycles. The summed E-state index contributed by atoms with van der Waals surface area (Å²) in [4.78, 5) is 25.1. The topological polar surface area (TPSA) is 76.7 Å². The Morgan fingerprint density at radius 3 is 2.67 bits per heavy atom. The van der Waals surface area contributed by atoms with Crippen LogP contribution in [0.4, 0.5) is 5.69 Å². The van der Waals surface area contributed by atoms with Gasteiger partial charge in [0.05, 0.1) is 17.4 Å². The van der Waals surface area contributed by atoms with Crippen LogP contribution < -0.4 is 15.4 Å². The third-order valence-electron chi connectivity index (χ3n) is 5.07. The van der Waals surface area contributed by atoms with Crippen LogP contribution in [0.15, 0.2) is 66.7 Å². The number of anilines is 1. The zero-order valence-corrected chi connectivity index (χ0v) is 16.6. The van der Waals surface area contributed by atoms with Gasteiger partial charge in [-0.1, -0.05) is 48.5 Å². The molecule has 1 atom stereocenters. The third kappa shape index (κ3) is 4.78. The Kier molecular flexibility index (Phi) is 6.25. The minimum Gasteiger partial charge on any atom is -0.483 e. The minimum absolute atomic E-state index is 0.0600. The van der Waals surface area contributed by atoms with Crippen molar-refractivity contribution in [3.8, 4) is 5.75 Å². The van der Waals surface area contributed by atoms with Crippen LogP contribution in [0.3, 0.4) is 0 Å². The molecule has 0 spiro atoms. The van der Waals surface area contributed by atoms with Crippen molar-refractivity contribution in [2.45, 2.75) is 18.9 Å². The zero-order valence-electron chi connectivity index (χ0n) is 16.6. The van der Waals surface area contributed by atoms with Gasteiger partial charge in [0, 0.05) is 18.5 Å². The Morgan fingerprint density at radius 1 is 1.00 bits per heavy atom. The smallest absolute Gasteiger partial charge is 0.262 e. The van der Waals surface area contributed by atoms with E-state index in [0.29, 0.717) is 23.5 Å². The monoisotopic (exact) mass is 404 g/mol. The van der Waals surface area contributed by atoms with Crippen molar-refractivity contribution in [2.24, 2.45) is 0 Å². The van der Waals surface area contributed by atoms with Gasteiger partial charge in [-0.05, 0) is 36.4 Å². The molecule has 2 N–H and O–H groups in total. The lowest BCUT2D eigenvalue weighted by atomic mass is 10.1. The molecule has 3 aromatic rings. The molecular weight excluding hydrogens is 380 g/mol. The van der Waals surface area contributed by atoms with Crippen LogP contribution in [0, 0.1) is 0 Å². The maximum atomic E-state index is 12.6. The highest BCUT2D eigenvalue weighted by atomic mass is 16.5. The summed E-state index contributed by atoms with van der Waals surface area (Å²) in [5.41, 5.74) is 0.864. The number of carbonyl (C=O) groups excluding carboxylic acids is 2. The SMILES string of the molecule is O=C(COc1cccc2ccccc12)Nc1ccccc1C(=O)NCC1CCCO1. The maximum Gasteiger partial charge on any atom is 0.262 e. The van der Waals surface area contributed by atoms with E-state index >= 15 is 0 Å². The zero-order chi connectivity index (χ0) is 20.8. The second-order valence-corrected chi connectivity index (χ2v) is 7.20. The third-order valence-corrected chi connectivity index (χ3v) is 5.07. The van der Waals surface area contributed by atoms with Gasteiger partial charge in [0.25, 0.3) is 11.8 Å². The molecule has 0 radical (unpaired) electrons. The van der Waals surface area contributed by atoms with Crippen LogP contribution in [0.25, 0.3) is 10.8 Å². The molecule has 30 heavy (non-hydrogen) atoms. The summed E-state index contributed by atoms with van der Waals surface area (Å²) in [6.45, 7) is 1.05. The van der Waals surface area contributed by atoms with Crippen molar-refractivity contribution >= 4 is 28.3 Å².